The van der Waals surface area contributed by atoms with Gasteiger partial charge in [0.1, 0.15) is 11.1 Å². The van der Waals surface area contributed by atoms with Crippen LogP contribution >= 0.6 is 11.8 Å². The van der Waals surface area contributed by atoms with Gasteiger partial charge in [-0.1, -0.05) is 30.3 Å². The normalized spacial score (nSPS) is 17.5. The molecule has 0 aliphatic carbocycles. The molecule has 1 heterocycles. The molecule has 2 aromatic carbocycles. The summed E-state index contributed by atoms with van der Waals surface area (Å²) < 4.78 is 28.1. The molecule has 1 aliphatic heterocycles. The van der Waals surface area contributed by atoms with Crippen molar-refractivity contribution in [1.82, 2.24) is 4.90 Å². The average Bonchev–Trinajstić information content (AvgIpc) is 3.00. The maximum Gasteiger partial charge on any atom is 0.238 e. The van der Waals surface area contributed by atoms with E-state index in [1.54, 1.807) is 31.0 Å². The van der Waals surface area contributed by atoms with E-state index < -0.39 is 10.0 Å². The lowest BCUT2D eigenvalue weighted by atomic mass is 10.1. The summed E-state index contributed by atoms with van der Waals surface area (Å²) in [6, 6.07) is 14.1. The van der Waals surface area contributed by atoms with Crippen LogP contribution in [0.25, 0.3) is 0 Å². The van der Waals surface area contributed by atoms with E-state index in [2.05, 4.69) is 0 Å². The van der Waals surface area contributed by atoms with E-state index >= 15 is 0 Å². The van der Waals surface area contributed by atoms with Crippen LogP contribution in [0.3, 0.4) is 0 Å². The van der Waals surface area contributed by atoms with Crippen LogP contribution in [0.5, 0.6) is 5.75 Å². The van der Waals surface area contributed by atoms with Crippen LogP contribution in [0.15, 0.2) is 53.4 Å². The van der Waals surface area contributed by atoms with Crippen LogP contribution in [0, 0.1) is 0 Å². The summed E-state index contributed by atoms with van der Waals surface area (Å²) in [4.78, 5) is 14.3. The summed E-state index contributed by atoms with van der Waals surface area (Å²) in [5.74, 6) is 1.29. The predicted molar refractivity (Wildman–Crippen MR) is 101 cm³/mol. The van der Waals surface area contributed by atoms with E-state index in [1.165, 1.54) is 12.1 Å². The molecule has 26 heavy (non-hydrogen) atoms. The van der Waals surface area contributed by atoms with E-state index in [9.17, 15) is 13.2 Å². The minimum absolute atomic E-state index is 0.0812. The number of hydrogen-bond acceptors (Lipinski definition) is 5. The largest absolute Gasteiger partial charge is 0.496 e. The van der Waals surface area contributed by atoms with Gasteiger partial charge in [-0.25, -0.2) is 13.6 Å². The monoisotopic (exact) mass is 392 g/mol. The number of primary sulfonamides is 1. The fourth-order valence-electron chi connectivity index (χ4n) is 2.92. The highest BCUT2D eigenvalue weighted by molar-refractivity contribution is 8.00. The van der Waals surface area contributed by atoms with Gasteiger partial charge in [-0.3, -0.25) is 4.79 Å². The molecular weight excluding hydrogens is 372 g/mol. The van der Waals surface area contributed by atoms with Crippen LogP contribution in [0.4, 0.5) is 0 Å². The molecule has 3 rings (SSSR count). The van der Waals surface area contributed by atoms with Crippen molar-refractivity contribution in [3.8, 4) is 5.75 Å². The smallest absolute Gasteiger partial charge is 0.238 e. The minimum Gasteiger partial charge on any atom is -0.496 e. The van der Waals surface area contributed by atoms with Gasteiger partial charge in [0.15, 0.2) is 0 Å². The number of nitrogens with two attached hydrogens (primary N) is 1. The van der Waals surface area contributed by atoms with Gasteiger partial charge in [0.25, 0.3) is 0 Å². The highest BCUT2D eigenvalue weighted by atomic mass is 32.2. The molecule has 0 aromatic heterocycles. The number of nitrogens with zero attached hydrogens (tertiary/aromatic N) is 1. The quantitative estimate of drug-likeness (QED) is 0.814. The van der Waals surface area contributed by atoms with Crippen molar-refractivity contribution in [1.29, 1.82) is 0 Å². The molecule has 2 N–H and O–H groups in total. The Labute approximate surface area is 157 Å². The predicted octanol–water partition coefficient (Wildman–Crippen LogP) is 2.16. The highest BCUT2D eigenvalue weighted by Gasteiger charge is 2.34. The molecule has 2 aromatic rings. The first-order valence-electron chi connectivity index (χ1n) is 8.06. The van der Waals surface area contributed by atoms with E-state index in [4.69, 9.17) is 9.88 Å². The Kier molecular flexibility index (Phi) is 5.55. The average molecular weight is 393 g/mol. The first-order valence-corrected chi connectivity index (χ1v) is 10.7. The standard InChI is InChI=1S/C18H20N2O4S2/c1-24-16-5-3-2-4-15(16)18-20(17(21)12-25-18)11-10-13-6-8-14(9-7-13)26(19,22)23/h2-9,18H,10-12H2,1H3,(H2,19,22,23). The lowest BCUT2D eigenvalue weighted by Crippen LogP contribution is -2.30. The summed E-state index contributed by atoms with van der Waals surface area (Å²) in [7, 11) is -2.07. The summed E-state index contributed by atoms with van der Waals surface area (Å²) in [5, 5.41) is 5.03. The zero-order valence-corrected chi connectivity index (χ0v) is 15.9. The molecule has 1 amide bonds. The third-order valence-electron chi connectivity index (χ3n) is 4.27. The topological polar surface area (TPSA) is 89.7 Å². The van der Waals surface area contributed by atoms with Crippen molar-refractivity contribution >= 4 is 27.7 Å². The second-order valence-electron chi connectivity index (χ2n) is 5.93. The second-order valence-corrected chi connectivity index (χ2v) is 8.56. The van der Waals surface area contributed by atoms with Crippen molar-refractivity contribution in [2.75, 3.05) is 19.4 Å². The number of thioether (sulfide) groups is 1. The van der Waals surface area contributed by atoms with Gasteiger partial charge in [0.05, 0.1) is 17.8 Å². The number of carbonyl (C=O) groups is 1. The van der Waals surface area contributed by atoms with Crippen molar-refractivity contribution in [2.45, 2.75) is 16.7 Å². The molecule has 1 atom stereocenters. The first kappa shape index (κ1) is 18.8. The van der Waals surface area contributed by atoms with E-state index in [1.807, 2.05) is 29.2 Å². The van der Waals surface area contributed by atoms with Gasteiger partial charge in [0, 0.05) is 12.1 Å². The molecule has 1 aliphatic rings. The van der Waals surface area contributed by atoms with Crippen LogP contribution in [-0.4, -0.2) is 38.6 Å². The summed E-state index contributed by atoms with van der Waals surface area (Å²) in [6.45, 7) is 0.545. The summed E-state index contributed by atoms with van der Waals surface area (Å²) >= 11 is 1.58. The zero-order chi connectivity index (χ0) is 18.7. The van der Waals surface area contributed by atoms with Crippen molar-refractivity contribution < 1.29 is 17.9 Å². The fraction of sp³-hybridized carbons (Fsp3) is 0.278. The number of rotatable bonds is 6. The molecule has 138 valence electrons. The van der Waals surface area contributed by atoms with Gasteiger partial charge in [-0.15, -0.1) is 11.8 Å². The number of para-hydroxylation sites is 1. The molecular formula is C18H20N2O4S2. The number of methoxy groups -OCH3 is 1. The summed E-state index contributed by atoms with van der Waals surface area (Å²) in [6.07, 6.45) is 0.628. The number of sulfonamides is 1. The van der Waals surface area contributed by atoms with Gasteiger partial charge in [-0.05, 0) is 30.2 Å². The first-order chi connectivity index (χ1) is 12.4. The van der Waals surface area contributed by atoms with Crippen molar-refractivity contribution in [3.63, 3.8) is 0 Å². The molecule has 0 radical (unpaired) electrons. The molecule has 0 spiro atoms. The fourth-order valence-corrected chi connectivity index (χ4v) is 4.68. The molecule has 1 fully saturated rings. The van der Waals surface area contributed by atoms with E-state index in [0.29, 0.717) is 18.7 Å². The van der Waals surface area contributed by atoms with Crippen LogP contribution in [0.2, 0.25) is 0 Å². The second kappa shape index (κ2) is 7.69. The third-order valence-corrected chi connectivity index (χ3v) is 6.43. The number of hydrogen-bond donors (Lipinski definition) is 1. The van der Waals surface area contributed by atoms with Gasteiger partial charge in [-0.2, -0.15) is 0 Å². The maximum atomic E-state index is 12.3. The van der Waals surface area contributed by atoms with Crippen LogP contribution in [0.1, 0.15) is 16.5 Å². The Morgan fingerprint density at radius 3 is 2.54 bits per heavy atom. The van der Waals surface area contributed by atoms with E-state index in [0.717, 1.165) is 16.9 Å². The van der Waals surface area contributed by atoms with Crippen LogP contribution in [-0.2, 0) is 21.2 Å². The SMILES string of the molecule is COc1ccccc1C1SCC(=O)N1CCc1ccc(S(N)(=O)=O)cc1. The van der Waals surface area contributed by atoms with Crippen molar-refractivity contribution in [2.24, 2.45) is 5.14 Å². The molecule has 0 bridgehead atoms. The third kappa shape index (κ3) is 4.03. The van der Waals surface area contributed by atoms with E-state index in [-0.39, 0.29) is 16.2 Å². The zero-order valence-electron chi connectivity index (χ0n) is 14.3. The number of amides is 1. The molecule has 8 heteroatoms. The molecule has 1 saturated heterocycles. The molecule has 6 nitrogen and oxygen atoms in total. The number of carbonyl (C=O) groups excluding carboxylic acids is 1. The minimum atomic E-state index is -3.69. The van der Waals surface area contributed by atoms with Gasteiger partial charge < -0.3 is 9.64 Å². The Morgan fingerprint density at radius 2 is 1.88 bits per heavy atom. The Morgan fingerprint density at radius 1 is 1.19 bits per heavy atom. The lowest BCUT2D eigenvalue weighted by Gasteiger charge is -2.25. The van der Waals surface area contributed by atoms with Crippen LogP contribution < -0.4 is 9.88 Å². The highest BCUT2D eigenvalue weighted by Crippen LogP contribution is 2.42. The molecule has 1 unspecified atom stereocenters. The Balaban J connectivity index is 1.74. The van der Waals surface area contributed by atoms with Gasteiger partial charge >= 0.3 is 0 Å². The number of ether oxygens (including phenoxy) is 1. The Bertz CT molecular complexity index is 898. The maximum absolute atomic E-state index is 12.3. The molecule has 0 saturated carbocycles. The van der Waals surface area contributed by atoms with Gasteiger partial charge in [0.2, 0.25) is 15.9 Å². The Hall–Kier alpha value is -2.03. The summed E-state index contributed by atoms with van der Waals surface area (Å²) in [5.41, 5.74) is 1.93. The van der Waals surface area contributed by atoms with Crippen molar-refractivity contribution in [3.05, 3.63) is 59.7 Å². The lowest BCUT2D eigenvalue weighted by molar-refractivity contribution is -0.128. The number of benzene rings is 2.